The van der Waals surface area contributed by atoms with Gasteiger partial charge in [-0.3, -0.25) is 9.58 Å². The summed E-state index contributed by atoms with van der Waals surface area (Å²) in [5.41, 5.74) is 3.63. The highest BCUT2D eigenvalue weighted by molar-refractivity contribution is 5.75. The van der Waals surface area contributed by atoms with Crippen molar-refractivity contribution in [3.63, 3.8) is 0 Å². The Labute approximate surface area is 136 Å². The van der Waals surface area contributed by atoms with Crippen molar-refractivity contribution in [3.8, 4) is 0 Å². The Morgan fingerprint density at radius 3 is 2.57 bits per heavy atom. The number of imidazole rings is 1. The first kappa shape index (κ1) is 14.5. The van der Waals surface area contributed by atoms with Crippen LogP contribution in [0.25, 0.3) is 11.0 Å². The normalized spacial score (nSPS) is 17.1. The number of aromatic nitrogens is 4. The van der Waals surface area contributed by atoms with Gasteiger partial charge < -0.3 is 4.57 Å². The highest BCUT2D eigenvalue weighted by Crippen LogP contribution is 2.29. The third kappa shape index (κ3) is 2.65. The number of nitrogens with zero attached hydrogens (tertiary/aromatic N) is 5. The lowest BCUT2D eigenvalue weighted by molar-refractivity contribution is 0.196. The van der Waals surface area contributed by atoms with Crippen LogP contribution in [0.5, 0.6) is 0 Å². The average Bonchev–Trinajstić information content (AvgIpc) is 3.13. The van der Waals surface area contributed by atoms with Crippen LogP contribution in [-0.4, -0.2) is 37.3 Å². The van der Waals surface area contributed by atoms with Crippen LogP contribution in [0.1, 0.15) is 30.3 Å². The van der Waals surface area contributed by atoms with Gasteiger partial charge in [-0.2, -0.15) is 5.10 Å². The molecule has 2 aromatic heterocycles. The van der Waals surface area contributed by atoms with Crippen molar-refractivity contribution in [2.45, 2.75) is 25.3 Å². The first-order valence-corrected chi connectivity index (χ1v) is 8.33. The number of hydrogen-bond donors (Lipinski definition) is 0. The molecule has 5 heteroatoms. The summed E-state index contributed by atoms with van der Waals surface area (Å²) in [6.07, 6.45) is 4.23. The van der Waals surface area contributed by atoms with Crippen LogP contribution in [0.4, 0.5) is 0 Å². The predicted octanol–water partition coefficient (Wildman–Crippen LogP) is 2.69. The van der Waals surface area contributed by atoms with Crippen LogP contribution in [0, 0.1) is 0 Å². The Morgan fingerprint density at radius 1 is 1.09 bits per heavy atom. The first-order valence-electron chi connectivity index (χ1n) is 8.33. The lowest BCUT2D eigenvalue weighted by atomic mass is 9.96. The van der Waals surface area contributed by atoms with E-state index in [-0.39, 0.29) is 0 Å². The molecule has 1 aromatic carbocycles. The molecule has 1 aliphatic rings. The monoisotopic (exact) mass is 309 g/mol. The zero-order valence-electron chi connectivity index (χ0n) is 13.8. The molecule has 3 heterocycles. The van der Waals surface area contributed by atoms with Crippen LogP contribution >= 0.6 is 0 Å². The van der Waals surface area contributed by atoms with Crippen molar-refractivity contribution in [2.24, 2.45) is 14.1 Å². The van der Waals surface area contributed by atoms with E-state index in [1.165, 1.54) is 29.9 Å². The van der Waals surface area contributed by atoms with E-state index in [1.807, 2.05) is 17.9 Å². The second kappa shape index (κ2) is 5.81. The molecule has 0 aliphatic carbocycles. The van der Waals surface area contributed by atoms with Gasteiger partial charge in [0.1, 0.15) is 5.82 Å². The molecule has 5 nitrogen and oxygen atoms in total. The summed E-state index contributed by atoms with van der Waals surface area (Å²) in [7, 11) is 4.16. The number of likely N-dealkylation sites (tertiary alicyclic amines) is 1. The molecule has 23 heavy (non-hydrogen) atoms. The average molecular weight is 309 g/mol. The number of benzene rings is 1. The largest absolute Gasteiger partial charge is 0.331 e. The maximum absolute atomic E-state index is 4.88. The van der Waals surface area contributed by atoms with E-state index < -0.39 is 0 Å². The van der Waals surface area contributed by atoms with Gasteiger partial charge >= 0.3 is 0 Å². The van der Waals surface area contributed by atoms with Gasteiger partial charge in [-0.05, 0) is 44.1 Å². The number of fused-ring (bicyclic) bond motifs is 1. The van der Waals surface area contributed by atoms with E-state index >= 15 is 0 Å². The van der Waals surface area contributed by atoms with Crippen LogP contribution in [0.15, 0.2) is 36.5 Å². The summed E-state index contributed by atoms with van der Waals surface area (Å²) in [6, 6.07) is 10.5. The van der Waals surface area contributed by atoms with Crippen molar-refractivity contribution in [3.05, 3.63) is 48.0 Å². The summed E-state index contributed by atoms with van der Waals surface area (Å²) < 4.78 is 4.24. The van der Waals surface area contributed by atoms with E-state index in [2.05, 4.69) is 51.9 Å². The fraction of sp³-hybridized carbons (Fsp3) is 0.444. The third-order valence-corrected chi connectivity index (χ3v) is 5.08. The summed E-state index contributed by atoms with van der Waals surface area (Å²) in [5, 5.41) is 4.26. The zero-order valence-corrected chi connectivity index (χ0v) is 13.8. The van der Waals surface area contributed by atoms with Crippen LogP contribution in [0.2, 0.25) is 0 Å². The van der Waals surface area contributed by atoms with E-state index in [4.69, 9.17) is 4.98 Å². The Hall–Kier alpha value is -2.14. The van der Waals surface area contributed by atoms with E-state index in [9.17, 15) is 0 Å². The quantitative estimate of drug-likeness (QED) is 0.747. The van der Waals surface area contributed by atoms with Crippen LogP contribution < -0.4 is 0 Å². The molecule has 0 atom stereocenters. The molecule has 0 radical (unpaired) electrons. The highest BCUT2D eigenvalue weighted by Gasteiger charge is 2.24. The minimum absolute atomic E-state index is 0.565. The second-order valence-electron chi connectivity index (χ2n) is 6.51. The Kier molecular flexibility index (Phi) is 3.65. The molecule has 0 bridgehead atoms. The molecule has 0 spiro atoms. The van der Waals surface area contributed by atoms with Gasteiger partial charge in [-0.1, -0.05) is 12.1 Å². The molecule has 1 aliphatic heterocycles. The van der Waals surface area contributed by atoms with Crippen LogP contribution in [0.3, 0.4) is 0 Å². The molecule has 3 aromatic rings. The van der Waals surface area contributed by atoms with Crippen molar-refractivity contribution in [1.82, 2.24) is 24.2 Å². The lowest BCUT2D eigenvalue weighted by Crippen LogP contribution is -2.33. The van der Waals surface area contributed by atoms with Gasteiger partial charge in [0, 0.05) is 32.8 Å². The molecule has 0 N–H and O–H groups in total. The van der Waals surface area contributed by atoms with Gasteiger partial charge in [-0.25, -0.2) is 4.98 Å². The van der Waals surface area contributed by atoms with Gasteiger partial charge in [0.05, 0.1) is 16.7 Å². The highest BCUT2D eigenvalue weighted by atomic mass is 15.3. The molecule has 0 unspecified atom stereocenters. The van der Waals surface area contributed by atoms with E-state index in [1.54, 1.807) is 0 Å². The smallest absolute Gasteiger partial charge is 0.112 e. The molecule has 1 saturated heterocycles. The molecule has 1 fully saturated rings. The molecule has 120 valence electrons. The summed E-state index contributed by atoms with van der Waals surface area (Å²) in [4.78, 5) is 7.41. The summed E-state index contributed by atoms with van der Waals surface area (Å²) in [6.45, 7) is 3.24. The topological polar surface area (TPSA) is 38.9 Å². The van der Waals surface area contributed by atoms with E-state index in [0.717, 1.165) is 25.2 Å². The zero-order chi connectivity index (χ0) is 15.8. The number of rotatable bonds is 3. The maximum atomic E-state index is 4.88. The number of hydrogen-bond acceptors (Lipinski definition) is 3. The minimum atomic E-state index is 0.565. The van der Waals surface area contributed by atoms with E-state index in [0.29, 0.717) is 5.92 Å². The summed E-state index contributed by atoms with van der Waals surface area (Å²) in [5.74, 6) is 1.81. The van der Waals surface area contributed by atoms with Crippen molar-refractivity contribution < 1.29 is 0 Å². The lowest BCUT2D eigenvalue weighted by Gasteiger charge is -2.31. The third-order valence-electron chi connectivity index (χ3n) is 5.08. The Bertz CT molecular complexity index is 808. The number of aryl methyl sites for hydroxylation is 2. The van der Waals surface area contributed by atoms with Gasteiger partial charge in [0.15, 0.2) is 0 Å². The predicted molar refractivity (Wildman–Crippen MR) is 91.2 cm³/mol. The minimum Gasteiger partial charge on any atom is -0.331 e. The SMILES string of the molecule is Cn1nccc1CN1CCC(c2nc3ccccc3n2C)CC1. The molecular weight excluding hydrogens is 286 g/mol. The Balaban J connectivity index is 1.46. The molecular formula is C18H23N5. The van der Waals surface area contributed by atoms with Crippen molar-refractivity contribution in [2.75, 3.05) is 13.1 Å². The van der Waals surface area contributed by atoms with Crippen molar-refractivity contribution in [1.29, 1.82) is 0 Å². The maximum Gasteiger partial charge on any atom is 0.112 e. The number of piperidine rings is 1. The summed E-state index contributed by atoms with van der Waals surface area (Å²) >= 11 is 0. The fourth-order valence-corrected chi connectivity index (χ4v) is 3.66. The van der Waals surface area contributed by atoms with Gasteiger partial charge in [-0.15, -0.1) is 0 Å². The fourth-order valence-electron chi connectivity index (χ4n) is 3.66. The molecule has 0 amide bonds. The van der Waals surface area contributed by atoms with Crippen LogP contribution in [-0.2, 0) is 20.6 Å². The Morgan fingerprint density at radius 2 is 1.87 bits per heavy atom. The van der Waals surface area contributed by atoms with Crippen molar-refractivity contribution >= 4 is 11.0 Å². The van der Waals surface area contributed by atoms with Gasteiger partial charge in [0.25, 0.3) is 0 Å². The van der Waals surface area contributed by atoms with Gasteiger partial charge in [0.2, 0.25) is 0 Å². The molecule has 4 rings (SSSR count). The standard InChI is InChI=1S/C18H23N5/c1-21-17-6-4-3-5-16(17)20-18(21)14-8-11-23(12-9-14)13-15-7-10-19-22(15)2/h3-7,10,14H,8-9,11-13H2,1-2H3. The second-order valence-corrected chi connectivity index (χ2v) is 6.51. The molecule has 0 saturated carbocycles. The number of para-hydroxylation sites is 2. The first-order chi connectivity index (χ1) is 11.2.